The van der Waals surface area contributed by atoms with Gasteiger partial charge in [0.05, 0.1) is 5.25 Å². The zero-order valence-corrected chi connectivity index (χ0v) is 17.0. The predicted octanol–water partition coefficient (Wildman–Crippen LogP) is 5.05. The van der Waals surface area contributed by atoms with Crippen molar-refractivity contribution < 1.29 is 4.79 Å². The van der Waals surface area contributed by atoms with Crippen LogP contribution in [0, 0.1) is 6.92 Å². The van der Waals surface area contributed by atoms with Crippen molar-refractivity contribution >= 4 is 35.0 Å². The van der Waals surface area contributed by atoms with E-state index in [0.717, 1.165) is 34.3 Å². The number of amides is 1. The van der Waals surface area contributed by atoms with Gasteiger partial charge in [-0.3, -0.25) is 4.79 Å². The highest BCUT2D eigenvalue weighted by atomic mass is 35.5. The van der Waals surface area contributed by atoms with E-state index >= 15 is 0 Å². The highest BCUT2D eigenvalue weighted by Gasteiger charge is 2.21. The van der Waals surface area contributed by atoms with Crippen LogP contribution in [0.5, 0.6) is 0 Å². The molecule has 27 heavy (non-hydrogen) atoms. The Balaban J connectivity index is 1.76. The van der Waals surface area contributed by atoms with Crippen molar-refractivity contribution in [2.24, 2.45) is 0 Å². The zero-order chi connectivity index (χ0) is 19.4. The molecule has 0 unspecified atom stereocenters. The maximum Gasteiger partial charge on any atom is 0.237 e. The lowest BCUT2D eigenvalue weighted by molar-refractivity contribution is -0.115. The monoisotopic (exact) mass is 400 g/mol. The Morgan fingerprint density at radius 3 is 2.63 bits per heavy atom. The smallest absolute Gasteiger partial charge is 0.237 e. The van der Waals surface area contributed by atoms with E-state index < -0.39 is 0 Å². The molecule has 0 saturated heterocycles. The molecule has 5 nitrogen and oxygen atoms in total. The summed E-state index contributed by atoms with van der Waals surface area (Å²) in [4.78, 5) is 12.6. The molecule has 0 aliphatic heterocycles. The number of aromatic nitrogens is 3. The Bertz CT molecular complexity index is 942. The molecule has 1 amide bonds. The third-order valence-electron chi connectivity index (χ3n) is 4.24. The van der Waals surface area contributed by atoms with Crippen LogP contribution in [0.15, 0.2) is 53.7 Å². The zero-order valence-electron chi connectivity index (χ0n) is 15.4. The molecular formula is C20H21ClN4OS. The summed E-state index contributed by atoms with van der Waals surface area (Å²) in [6, 6.07) is 15.4. The molecule has 3 aromatic rings. The second-order valence-electron chi connectivity index (χ2n) is 6.08. The van der Waals surface area contributed by atoms with Crippen LogP contribution in [-0.2, 0) is 11.3 Å². The second-order valence-corrected chi connectivity index (χ2v) is 7.79. The third kappa shape index (κ3) is 4.34. The fourth-order valence-electron chi connectivity index (χ4n) is 2.65. The number of nitrogens with zero attached hydrogens (tertiary/aromatic N) is 3. The minimum absolute atomic E-state index is 0.0997. The van der Waals surface area contributed by atoms with E-state index in [1.165, 1.54) is 11.8 Å². The predicted molar refractivity (Wildman–Crippen MR) is 111 cm³/mol. The van der Waals surface area contributed by atoms with Crippen LogP contribution in [0.2, 0.25) is 5.02 Å². The largest absolute Gasteiger partial charge is 0.325 e. The van der Waals surface area contributed by atoms with Crippen molar-refractivity contribution in [2.45, 2.75) is 37.7 Å². The van der Waals surface area contributed by atoms with Gasteiger partial charge in [0.25, 0.3) is 0 Å². The molecule has 0 fully saturated rings. The molecule has 2 aromatic carbocycles. The molecule has 0 aliphatic rings. The van der Waals surface area contributed by atoms with Crippen LogP contribution in [0.1, 0.15) is 19.4 Å². The van der Waals surface area contributed by atoms with Crippen LogP contribution in [0.3, 0.4) is 0 Å². The minimum atomic E-state index is -0.332. The molecule has 0 radical (unpaired) electrons. The standard InChI is InChI=1S/C20H21ClN4OS/c1-4-25-18(15-9-6-5-7-10-15)23-24-20(25)27-14(3)19(26)22-17-12-8-11-16(21)13(17)2/h5-12,14H,4H2,1-3H3,(H,22,26)/t14-/m0/s1. The number of halogens is 1. The molecule has 0 bridgehead atoms. The number of benzene rings is 2. The van der Waals surface area contributed by atoms with E-state index in [-0.39, 0.29) is 11.2 Å². The molecule has 0 aliphatic carbocycles. The number of anilines is 1. The summed E-state index contributed by atoms with van der Waals surface area (Å²) in [5.41, 5.74) is 2.58. The summed E-state index contributed by atoms with van der Waals surface area (Å²) >= 11 is 7.52. The Hall–Kier alpha value is -2.31. The van der Waals surface area contributed by atoms with Gasteiger partial charge in [0.1, 0.15) is 0 Å². The number of hydrogen-bond acceptors (Lipinski definition) is 4. The highest BCUT2D eigenvalue weighted by molar-refractivity contribution is 8.00. The maximum atomic E-state index is 12.6. The van der Waals surface area contributed by atoms with E-state index in [2.05, 4.69) is 15.5 Å². The summed E-state index contributed by atoms with van der Waals surface area (Å²) in [5, 5.41) is 12.6. The normalized spacial score (nSPS) is 12.0. The van der Waals surface area contributed by atoms with Crippen LogP contribution >= 0.6 is 23.4 Å². The van der Waals surface area contributed by atoms with Crippen molar-refractivity contribution in [3.63, 3.8) is 0 Å². The van der Waals surface area contributed by atoms with E-state index in [9.17, 15) is 4.79 Å². The van der Waals surface area contributed by atoms with Gasteiger partial charge in [-0.1, -0.05) is 59.8 Å². The maximum absolute atomic E-state index is 12.6. The van der Waals surface area contributed by atoms with Crippen LogP contribution in [-0.4, -0.2) is 25.9 Å². The Morgan fingerprint density at radius 2 is 1.93 bits per heavy atom. The number of nitrogens with one attached hydrogen (secondary N) is 1. The fourth-order valence-corrected chi connectivity index (χ4v) is 3.74. The lowest BCUT2D eigenvalue weighted by Gasteiger charge is -2.14. The van der Waals surface area contributed by atoms with E-state index in [0.29, 0.717) is 5.02 Å². The van der Waals surface area contributed by atoms with Gasteiger partial charge in [0.2, 0.25) is 5.91 Å². The number of hydrogen-bond donors (Lipinski definition) is 1. The molecular weight excluding hydrogens is 380 g/mol. The Labute approximate surface area is 168 Å². The first-order valence-electron chi connectivity index (χ1n) is 8.72. The van der Waals surface area contributed by atoms with Gasteiger partial charge in [-0.25, -0.2) is 0 Å². The molecule has 0 spiro atoms. The van der Waals surface area contributed by atoms with Gasteiger partial charge in [0.15, 0.2) is 11.0 Å². The SMILES string of the molecule is CCn1c(S[C@@H](C)C(=O)Nc2cccc(Cl)c2C)nnc1-c1ccccc1. The van der Waals surface area contributed by atoms with Crippen LogP contribution in [0.4, 0.5) is 5.69 Å². The van der Waals surface area contributed by atoms with Gasteiger partial charge >= 0.3 is 0 Å². The first-order valence-corrected chi connectivity index (χ1v) is 9.98. The molecule has 3 rings (SSSR count). The topological polar surface area (TPSA) is 59.8 Å². The van der Waals surface area contributed by atoms with Crippen molar-refractivity contribution in [1.29, 1.82) is 0 Å². The molecule has 7 heteroatoms. The summed E-state index contributed by atoms with van der Waals surface area (Å²) < 4.78 is 2.02. The quantitative estimate of drug-likeness (QED) is 0.588. The summed E-state index contributed by atoms with van der Waals surface area (Å²) in [5.74, 6) is 0.705. The number of thioether (sulfide) groups is 1. The average molecular weight is 401 g/mol. The van der Waals surface area contributed by atoms with Crippen LogP contribution in [0.25, 0.3) is 11.4 Å². The first kappa shape index (κ1) is 19.5. The third-order valence-corrected chi connectivity index (χ3v) is 5.73. The molecule has 1 aromatic heterocycles. The minimum Gasteiger partial charge on any atom is -0.325 e. The first-order chi connectivity index (χ1) is 13.0. The summed E-state index contributed by atoms with van der Waals surface area (Å²) in [6.07, 6.45) is 0. The Kier molecular flexibility index (Phi) is 6.19. The fraction of sp³-hybridized carbons (Fsp3) is 0.250. The molecule has 1 heterocycles. The number of rotatable bonds is 6. The average Bonchev–Trinajstić information content (AvgIpc) is 3.08. The molecule has 1 N–H and O–H groups in total. The van der Waals surface area contributed by atoms with Crippen molar-refractivity contribution in [1.82, 2.24) is 14.8 Å². The van der Waals surface area contributed by atoms with Gasteiger partial charge < -0.3 is 9.88 Å². The summed E-state index contributed by atoms with van der Waals surface area (Å²) in [7, 11) is 0. The molecule has 0 saturated carbocycles. The lowest BCUT2D eigenvalue weighted by Crippen LogP contribution is -2.23. The van der Waals surface area contributed by atoms with E-state index in [1.807, 2.05) is 67.8 Å². The van der Waals surface area contributed by atoms with Crippen LogP contribution < -0.4 is 5.32 Å². The van der Waals surface area contributed by atoms with Gasteiger partial charge in [-0.15, -0.1) is 10.2 Å². The van der Waals surface area contributed by atoms with Crippen molar-refractivity contribution in [3.05, 3.63) is 59.1 Å². The lowest BCUT2D eigenvalue weighted by atomic mass is 10.2. The molecule has 1 atom stereocenters. The molecule has 140 valence electrons. The van der Waals surface area contributed by atoms with Crippen molar-refractivity contribution in [2.75, 3.05) is 5.32 Å². The number of carbonyl (C=O) groups is 1. The van der Waals surface area contributed by atoms with Gasteiger partial charge in [-0.05, 0) is 38.5 Å². The van der Waals surface area contributed by atoms with Gasteiger partial charge in [0, 0.05) is 22.8 Å². The second kappa shape index (κ2) is 8.59. The van der Waals surface area contributed by atoms with E-state index in [1.54, 1.807) is 6.07 Å². The van der Waals surface area contributed by atoms with Gasteiger partial charge in [-0.2, -0.15) is 0 Å². The van der Waals surface area contributed by atoms with Crippen molar-refractivity contribution in [3.8, 4) is 11.4 Å². The number of carbonyl (C=O) groups excluding carboxylic acids is 1. The Morgan fingerprint density at radius 1 is 1.19 bits per heavy atom. The summed E-state index contributed by atoms with van der Waals surface area (Å²) in [6.45, 7) is 6.51. The van der Waals surface area contributed by atoms with E-state index in [4.69, 9.17) is 11.6 Å². The highest BCUT2D eigenvalue weighted by Crippen LogP contribution is 2.28.